The van der Waals surface area contributed by atoms with Crippen LogP contribution < -0.4 is 11.1 Å². The molecule has 1 aliphatic rings. The Labute approximate surface area is 173 Å². The maximum absolute atomic E-state index is 11.2. The summed E-state index contributed by atoms with van der Waals surface area (Å²) in [5.74, 6) is 2.42. The first-order valence-corrected chi connectivity index (χ1v) is 10.4. The predicted molar refractivity (Wildman–Crippen MR) is 116 cm³/mol. The van der Waals surface area contributed by atoms with Gasteiger partial charge in [-0.25, -0.2) is 9.97 Å². The molecule has 0 aromatic carbocycles. The van der Waals surface area contributed by atoms with Crippen molar-refractivity contribution in [2.45, 2.75) is 38.5 Å². The van der Waals surface area contributed by atoms with Crippen LogP contribution in [0.3, 0.4) is 0 Å². The Morgan fingerprint density at radius 3 is 2.87 bits per heavy atom. The van der Waals surface area contributed by atoms with Crippen molar-refractivity contribution in [2.75, 3.05) is 12.3 Å². The second-order valence-electron chi connectivity index (χ2n) is 8.12. The largest absolute Gasteiger partial charge is 0.382 e. The van der Waals surface area contributed by atoms with Crippen LogP contribution in [0, 0.1) is 5.92 Å². The van der Waals surface area contributed by atoms with Crippen LogP contribution in [0.5, 0.6) is 0 Å². The number of nitrogens with two attached hydrogens (primary N) is 1. The minimum atomic E-state index is 0.0387. The van der Waals surface area contributed by atoms with Gasteiger partial charge in [0.25, 0.3) is 0 Å². The molecule has 0 atom stereocenters. The number of carbonyl (C=O) groups is 1. The molecule has 0 aliphatic heterocycles. The van der Waals surface area contributed by atoms with E-state index in [-0.39, 0.29) is 5.91 Å². The van der Waals surface area contributed by atoms with E-state index in [0.717, 1.165) is 66.0 Å². The topological polar surface area (TPSA) is 114 Å². The van der Waals surface area contributed by atoms with Gasteiger partial charge in [-0.2, -0.15) is 0 Å². The van der Waals surface area contributed by atoms with Crippen LogP contribution in [0.25, 0.3) is 27.9 Å². The van der Waals surface area contributed by atoms with Crippen molar-refractivity contribution in [1.82, 2.24) is 29.7 Å². The van der Waals surface area contributed by atoms with Gasteiger partial charge in [-0.1, -0.05) is 0 Å². The van der Waals surface area contributed by atoms with Crippen molar-refractivity contribution in [1.29, 1.82) is 0 Å². The number of hydrogen-bond donors (Lipinski definition) is 3. The first-order valence-electron chi connectivity index (χ1n) is 10.4. The second kappa shape index (κ2) is 7.44. The van der Waals surface area contributed by atoms with E-state index in [2.05, 4.69) is 24.7 Å². The number of pyridine rings is 1. The molecule has 30 heavy (non-hydrogen) atoms. The quantitative estimate of drug-likeness (QED) is 0.484. The molecule has 0 bridgehead atoms. The molecule has 4 aromatic heterocycles. The summed E-state index contributed by atoms with van der Waals surface area (Å²) in [5.41, 5.74) is 10.7. The van der Waals surface area contributed by atoms with Crippen LogP contribution in [0.4, 0.5) is 5.82 Å². The van der Waals surface area contributed by atoms with Crippen LogP contribution >= 0.6 is 0 Å². The molecule has 5 rings (SSSR count). The predicted octanol–water partition coefficient (Wildman–Crippen LogP) is 3.26. The van der Waals surface area contributed by atoms with Gasteiger partial charge in [0, 0.05) is 38.0 Å². The number of hydrogen-bond acceptors (Lipinski definition) is 5. The van der Waals surface area contributed by atoms with E-state index < -0.39 is 0 Å². The number of rotatable bonds is 4. The highest BCUT2D eigenvalue weighted by molar-refractivity contribution is 5.89. The lowest BCUT2D eigenvalue weighted by Crippen LogP contribution is -2.29. The van der Waals surface area contributed by atoms with Gasteiger partial charge in [0.05, 0.1) is 16.7 Å². The number of imidazole rings is 1. The lowest BCUT2D eigenvalue weighted by atomic mass is 9.81. The number of anilines is 1. The minimum absolute atomic E-state index is 0.0387. The summed E-state index contributed by atoms with van der Waals surface area (Å²) in [6, 6.07) is 5.93. The van der Waals surface area contributed by atoms with E-state index in [1.165, 1.54) is 0 Å². The summed E-state index contributed by atoms with van der Waals surface area (Å²) in [4.78, 5) is 28.4. The third-order valence-corrected chi connectivity index (χ3v) is 6.11. The van der Waals surface area contributed by atoms with E-state index >= 15 is 0 Å². The molecule has 154 valence electrons. The summed E-state index contributed by atoms with van der Waals surface area (Å²) < 4.78 is 2.09. The first-order chi connectivity index (χ1) is 14.6. The Kier molecular flexibility index (Phi) is 4.61. The molecule has 0 unspecified atom stereocenters. The number of aromatic amines is 1. The molecular weight excluding hydrogens is 378 g/mol. The van der Waals surface area contributed by atoms with E-state index in [1.807, 2.05) is 24.4 Å². The smallest absolute Gasteiger partial charge is 0.216 e. The molecule has 1 aliphatic carbocycles. The first kappa shape index (κ1) is 18.6. The SMILES string of the molecule is CC(=O)NCC1CCC(c2nc(-c3cc4ncccc4[nH]3)c3c(N)nccn23)CC1. The van der Waals surface area contributed by atoms with E-state index in [9.17, 15) is 4.79 Å². The number of H-pyrrole nitrogens is 1. The Balaban J connectivity index is 1.50. The summed E-state index contributed by atoms with van der Waals surface area (Å²) in [6.07, 6.45) is 9.69. The van der Waals surface area contributed by atoms with Gasteiger partial charge >= 0.3 is 0 Å². The molecule has 1 amide bonds. The summed E-state index contributed by atoms with van der Waals surface area (Å²) in [5, 5.41) is 2.95. The molecule has 4 aromatic rings. The van der Waals surface area contributed by atoms with Gasteiger partial charge < -0.3 is 16.0 Å². The summed E-state index contributed by atoms with van der Waals surface area (Å²) >= 11 is 0. The fraction of sp³-hybridized carbons (Fsp3) is 0.364. The maximum atomic E-state index is 11.2. The molecule has 4 heterocycles. The van der Waals surface area contributed by atoms with Crippen molar-refractivity contribution in [3.63, 3.8) is 0 Å². The van der Waals surface area contributed by atoms with Crippen LogP contribution in [-0.4, -0.2) is 36.8 Å². The van der Waals surface area contributed by atoms with Gasteiger partial charge in [0.2, 0.25) is 5.91 Å². The number of carbonyl (C=O) groups excluding carboxylic acids is 1. The third kappa shape index (κ3) is 3.28. The molecule has 1 fully saturated rings. The Bertz CT molecular complexity index is 1180. The third-order valence-electron chi connectivity index (χ3n) is 6.11. The fourth-order valence-electron chi connectivity index (χ4n) is 4.56. The number of nitrogens with one attached hydrogen (secondary N) is 2. The van der Waals surface area contributed by atoms with Gasteiger partial charge in [0.1, 0.15) is 22.9 Å². The van der Waals surface area contributed by atoms with Crippen molar-refractivity contribution < 1.29 is 4.79 Å². The van der Waals surface area contributed by atoms with Gasteiger partial charge in [0.15, 0.2) is 0 Å². The minimum Gasteiger partial charge on any atom is -0.382 e. The Morgan fingerprint density at radius 1 is 1.27 bits per heavy atom. The van der Waals surface area contributed by atoms with Crippen LogP contribution in [0.1, 0.15) is 44.3 Å². The summed E-state index contributed by atoms with van der Waals surface area (Å²) in [6.45, 7) is 2.33. The van der Waals surface area contributed by atoms with E-state index in [1.54, 1.807) is 19.3 Å². The average Bonchev–Trinajstić information content (AvgIpc) is 3.35. The van der Waals surface area contributed by atoms with Crippen LogP contribution in [0.15, 0.2) is 36.8 Å². The van der Waals surface area contributed by atoms with Crippen molar-refractivity contribution >= 4 is 28.3 Å². The number of amides is 1. The number of aromatic nitrogens is 5. The van der Waals surface area contributed by atoms with Crippen LogP contribution in [0.2, 0.25) is 0 Å². The highest BCUT2D eigenvalue weighted by Crippen LogP contribution is 2.38. The maximum Gasteiger partial charge on any atom is 0.216 e. The summed E-state index contributed by atoms with van der Waals surface area (Å²) in [7, 11) is 0. The van der Waals surface area contributed by atoms with Crippen molar-refractivity contribution in [3.05, 3.63) is 42.6 Å². The molecule has 0 saturated heterocycles. The van der Waals surface area contributed by atoms with Crippen molar-refractivity contribution in [3.8, 4) is 11.4 Å². The monoisotopic (exact) mass is 403 g/mol. The second-order valence-corrected chi connectivity index (χ2v) is 8.12. The number of fused-ring (bicyclic) bond motifs is 2. The van der Waals surface area contributed by atoms with Crippen molar-refractivity contribution in [2.24, 2.45) is 5.92 Å². The van der Waals surface area contributed by atoms with E-state index in [0.29, 0.717) is 17.7 Å². The zero-order valence-electron chi connectivity index (χ0n) is 16.9. The highest BCUT2D eigenvalue weighted by Gasteiger charge is 2.28. The highest BCUT2D eigenvalue weighted by atomic mass is 16.1. The van der Waals surface area contributed by atoms with Gasteiger partial charge in [-0.05, 0) is 49.8 Å². The van der Waals surface area contributed by atoms with Crippen LogP contribution in [-0.2, 0) is 4.79 Å². The molecule has 4 N–H and O–H groups in total. The molecule has 0 spiro atoms. The molecular formula is C22H25N7O. The zero-order valence-corrected chi connectivity index (χ0v) is 16.9. The van der Waals surface area contributed by atoms with E-state index in [4.69, 9.17) is 10.7 Å². The molecule has 8 heteroatoms. The number of nitrogen functional groups attached to an aromatic ring is 1. The molecule has 0 radical (unpaired) electrons. The zero-order chi connectivity index (χ0) is 20.7. The lowest BCUT2D eigenvalue weighted by molar-refractivity contribution is -0.119. The van der Waals surface area contributed by atoms with Gasteiger partial charge in [-0.3, -0.25) is 14.2 Å². The Morgan fingerprint density at radius 2 is 2.10 bits per heavy atom. The molecule has 8 nitrogen and oxygen atoms in total. The average molecular weight is 403 g/mol. The Hall–Kier alpha value is -3.42. The standard InChI is InChI=1S/C22H25N7O/c1-13(30)26-12-14-4-6-15(7-5-14)22-28-19(20-21(23)25-9-10-29(20)22)18-11-17-16(27-18)3-2-8-24-17/h2-3,8-11,14-15,27H,4-7,12H2,1H3,(H2,23,25)(H,26,30). The van der Waals surface area contributed by atoms with Gasteiger partial charge in [-0.15, -0.1) is 0 Å². The number of nitrogens with zero attached hydrogens (tertiary/aromatic N) is 4. The fourth-order valence-corrected chi connectivity index (χ4v) is 4.56. The molecule has 1 saturated carbocycles. The normalized spacial score (nSPS) is 19.4. The lowest BCUT2D eigenvalue weighted by Gasteiger charge is -2.27.